The molecule has 6 heteroatoms. The zero-order valence-electron chi connectivity index (χ0n) is 19.5. The smallest absolute Gasteiger partial charge is 0.455 e. The quantitative estimate of drug-likeness (QED) is 0.227. The van der Waals surface area contributed by atoms with Crippen LogP contribution in [0, 0.1) is 6.92 Å². The van der Waals surface area contributed by atoms with Crippen LogP contribution in [0.2, 0.25) is 38.3 Å². The van der Waals surface area contributed by atoms with Gasteiger partial charge in [0.05, 0.1) is 7.11 Å². The van der Waals surface area contributed by atoms with E-state index < -0.39 is 22.8 Å². The standard InChI is InChI=1S/C25H34O4Si2/c1-21-11-13-22(14-12-21)9-7-19-30(3,4)29-31(5,6)20-8-10-23-15-17-24(18-16-23)28-25(26)27-2/h7-18H,19-20H2,1-6H3/b9-7-,10-8-. The molecule has 0 saturated carbocycles. The van der Waals surface area contributed by atoms with E-state index in [1.807, 2.05) is 12.1 Å². The first-order chi connectivity index (χ1) is 14.6. The van der Waals surface area contributed by atoms with Crippen LogP contribution in [0.4, 0.5) is 4.79 Å². The summed E-state index contributed by atoms with van der Waals surface area (Å²) in [5.74, 6) is 0.466. The SMILES string of the molecule is COC(=O)Oc1ccc(/C=C\C[Si](C)(C)O[Si](C)(C)C/C=C\c2ccc(C)cc2)cc1. The first-order valence-corrected chi connectivity index (χ1v) is 16.8. The fourth-order valence-electron chi connectivity index (χ4n) is 3.25. The van der Waals surface area contributed by atoms with Crippen molar-refractivity contribution >= 4 is 34.9 Å². The predicted octanol–water partition coefficient (Wildman–Crippen LogP) is 7.29. The van der Waals surface area contributed by atoms with Crippen LogP contribution >= 0.6 is 0 Å². The molecule has 0 N–H and O–H groups in total. The highest BCUT2D eigenvalue weighted by Crippen LogP contribution is 2.23. The summed E-state index contributed by atoms with van der Waals surface area (Å²) in [5.41, 5.74) is 3.57. The van der Waals surface area contributed by atoms with Crippen molar-refractivity contribution < 1.29 is 18.4 Å². The minimum atomic E-state index is -1.81. The molecule has 0 unspecified atom stereocenters. The Morgan fingerprint density at radius 3 is 1.71 bits per heavy atom. The lowest BCUT2D eigenvalue weighted by atomic mass is 10.1. The van der Waals surface area contributed by atoms with E-state index in [-0.39, 0.29) is 0 Å². The fourth-order valence-corrected chi connectivity index (χ4v) is 11.3. The number of aryl methyl sites for hydroxylation is 1. The number of carbonyl (C=O) groups excluding carboxylic acids is 1. The summed E-state index contributed by atoms with van der Waals surface area (Å²) in [7, 11) is -2.30. The number of rotatable bonds is 9. The molecule has 0 radical (unpaired) electrons. The molecule has 0 aliphatic carbocycles. The summed E-state index contributed by atoms with van der Waals surface area (Å²) < 4.78 is 16.2. The normalized spacial score (nSPS) is 12.5. The predicted molar refractivity (Wildman–Crippen MR) is 134 cm³/mol. The zero-order chi connectivity index (χ0) is 22.9. The van der Waals surface area contributed by atoms with Gasteiger partial charge in [0.25, 0.3) is 0 Å². The van der Waals surface area contributed by atoms with Crippen molar-refractivity contribution in [3.05, 3.63) is 77.4 Å². The maximum Gasteiger partial charge on any atom is 0.513 e. The molecule has 166 valence electrons. The van der Waals surface area contributed by atoms with Gasteiger partial charge in [-0.1, -0.05) is 66.3 Å². The number of benzene rings is 2. The Bertz CT molecular complexity index is 898. The molecule has 0 aliphatic rings. The van der Waals surface area contributed by atoms with Gasteiger partial charge in [-0.05, 0) is 68.5 Å². The van der Waals surface area contributed by atoms with E-state index in [9.17, 15) is 4.79 Å². The third-order valence-electron chi connectivity index (χ3n) is 4.72. The largest absolute Gasteiger partial charge is 0.513 e. The van der Waals surface area contributed by atoms with Gasteiger partial charge in [-0.3, -0.25) is 0 Å². The Balaban J connectivity index is 1.86. The van der Waals surface area contributed by atoms with E-state index in [1.54, 1.807) is 12.1 Å². The fraction of sp³-hybridized carbons (Fsp3) is 0.320. The molecule has 0 heterocycles. The van der Waals surface area contributed by atoms with Crippen LogP contribution in [0.3, 0.4) is 0 Å². The van der Waals surface area contributed by atoms with Crippen LogP contribution in [0.15, 0.2) is 60.7 Å². The molecule has 2 aromatic rings. The van der Waals surface area contributed by atoms with Gasteiger partial charge in [-0.2, -0.15) is 0 Å². The Morgan fingerprint density at radius 1 is 0.806 bits per heavy atom. The number of allylic oxidation sites excluding steroid dienone is 2. The highest BCUT2D eigenvalue weighted by molar-refractivity contribution is 6.85. The second-order valence-corrected chi connectivity index (χ2v) is 17.5. The van der Waals surface area contributed by atoms with Crippen LogP contribution in [0.25, 0.3) is 12.2 Å². The first-order valence-electron chi connectivity index (χ1n) is 10.5. The molecule has 0 amide bonds. The maximum absolute atomic E-state index is 11.1. The van der Waals surface area contributed by atoms with Crippen LogP contribution in [-0.4, -0.2) is 29.9 Å². The minimum Gasteiger partial charge on any atom is -0.455 e. The second kappa shape index (κ2) is 11.3. The summed E-state index contributed by atoms with van der Waals surface area (Å²) in [5, 5.41) is 0. The topological polar surface area (TPSA) is 44.8 Å². The van der Waals surface area contributed by atoms with E-state index in [1.165, 1.54) is 18.2 Å². The zero-order valence-corrected chi connectivity index (χ0v) is 21.5. The molecule has 2 rings (SSSR count). The van der Waals surface area contributed by atoms with Gasteiger partial charge in [0.2, 0.25) is 0 Å². The van der Waals surface area contributed by atoms with Crippen molar-refractivity contribution in [1.29, 1.82) is 0 Å². The van der Waals surface area contributed by atoms with Crippen molar-refractivity contribution in [3.63, 3.8) is 0 Å². The monoisotopic (exact) mass is 454 g/mol. The molecule has 0 fully saturated rings. The molecule has 0 aromatic heterocycles. The Hall–Kier alpha value is -2.42. The van der Waals surface area contributed by atoms with Crippen molar-refractivity contribution in [2.75, 3.05) is 7.11 Å². The molecule has 0 atom stereocenters. The molecule has 0 bridgehead atoms. The molecule has 0 saturated heterocycles. The lowest BCUT2D eigenvalue weighted by Crippen LogP contribution is -2.43. The number of methoxy groups -OCH3 is 1. The summed E-state index contributed by atoms with van der Waals surface area (Å²) in [6.45, 7) is 11.3. The Morgan fingerprint density at radius 2 is 1.26 bits per heavy atom. The van der Waals surface area contributed by atoms with E-state index in [0.717, 1.165) is 17.7 Å². The Labute approximate surface area is 188 Å². The minimum absolute atomic E-state index is 0.466. The average Bonchev–Trinajstić information content (AvgIpc) is 2.69. The van der Waals surface area contributed by atoms with E-state index in [2.05, 4.69) is 86.4 Å². The first kappa shape index (κ1) is 24.8. The van der Waals surface area contributed by atoms with Gasteiger partial charge in [-0.25, -0.2) is 4.79 Å². The number of hydrogen-bond donors (Lipinski definition) is 0. The molecule has 0 aliphatic heterocycles. The summed E-state index contributed by atoms with van der Waals surface area (Å²) >= 11 is 0. The van der Waals surface area contributed by atoms with Gasteiger partial charge in [0.1, 0.15) is 5.75 Å². The molecule has 2 aromatic carbocycles. The van der Waals surface area contributed by atoms with Gasteiger partial charge < -0.3 is 13.6 Å². The van der Waals surface area contributed by atoms with Crippen molar-refractivity contribution in [2.45, 2.75) is 45.2 Å². The van der Waals surface area contributed by atoms with Gasteiger partial charge in [-0.15, -0.1) is 0 Å². The molecular formula is C25H34O4Si2. The van der Waals surface area contributed by atoms with Crippen molar-refractivity contribution in [2.24, 2.45) is 0 Å². The van der Waals surface area contributed by atoms with Crippen LogP contribution in [0.1, 0.15) is 16.7 Å². The van der Waals surface area contributed by atoms with Gasteiger partial charge >= 0.3 is 6.16 Å². The van der Waals surface area contributed by atoms with Gasteiger partial charge in [0, 0.05) is 0 Å². The van der Waals surface area contributed by atoms with Crippen LogP contribution in [0.5, 0.6) is 5.75 Å². The highest BCUT2D eigenvalue weighted by atomic mass is 28.4. The van der Waals surface area contributed by atoms with E-state index >= 15 is 0 Å². The molecule has 0 spiro atoms. The van der Waals surface area contributed by atoms with Gasteiger partial charge in [0.15, 0.2) is 16.6 Å². The third-order valence-corrected chi connectivity index (χ3v) is 11.6. The molecule has 31 heavy (non-hydrogen) atoms. The molecular weight excluding hydrogens is 420 g/mol. The van der Waals surface area contributed by atoms with E-state index in [4.69, 9.17) is 8.85 Å². The van der Waals surface area contributed by atoms with Crippen LogP contribution < -0.4 is 4.74 Å². The summed E-state index contributed by atoms with van der Waals surface area (Å²) in [6.07, 6.45) is 8.02. The lowest BCUT2D eigenvalue weighted by molar-refractivity contribution is 0.121. The third kappa shape index (κ3) is 9.50. The second-order valence-electron chi connectivity index (χ2n) is 8.87. The average molecular weight is 455 g/mol. The molecule has 4 nitrogen and oxygen atoms in total. The van der Waals surface area contributed by atoms with Crippen molar-refractivity contribution in [1.82, 2.24) is 0 Å². The summed E-state index contributed by atoms with van der Waals surface area (Å²) in [6, 6.07) is 17.9. The van der Waals surface area contributed by atoms with Crippen molar-refractivity contribution in [3.8, 4) is 5.75 Å². The number of hydrogen-bond acceptors (Lipinski definition) is 4. The van der Waals surface area contributed by atoms with Crippen LogP contribution in [-0.2, 0) is 8.85 Å². The Kier molecular flexibility index (Phi) is 9.04. The van der Waals surface area contributed by atoms with E-state index in [0.29, 0.717) is 5.75 Å². The number of carbonyl (C=O) groups is 1. The number of ether oxygens (including phenoxy) is 2. The lowest BCUT2D eigenvalue weighted by Gasteiger charge is -2.32. The maximum atomic E-state index is 11.1. The summed E-state index contributed by atoms with van der Waals surface area (Å²) in [4.78, 5) is 11.1. The highest BCUT2D eigenvalue weighted by Gasteiger charge is 2.31.